The summed E-state index contributed by atoms with van der Waals surface area (Å²) in [5.41, 5.74) is 0. The molecule has 0 aromatic carbocycles. The lowest BCUT2D eigenvalue weighted by Crippen LogP contribution is -2.37. The van der Waals surface area contributed by atoms with Crippen molar-refractivity contribution in [3.05, 3.63) is 23.6 Å². The van der Waals surface area contributed by atoms with Crippen molar-refractivity contribution >= 4 is 11.7 Å². The monoisotopic (exact) mass is 247 g/mol. The molecule has 17 heavy (non-hydrogen) atoms. The average molecular weight is 247 g/mol. The Morgan fingerprint density at radius 2 is 1.94 bits per heavy atom. The lowest BCUT2D eigenvalue weighted by atomic mass is 10.3. The Morgan fingerprint density at radius 3 is 2.47 bits per heavy atom. The van der Waals surface area contributed by atoms with Crippen LogP contribution in [0.4, 0.5) is 19.0 Å². The number of rotatable bonds is 3. The van der Waals surface area contributed by atoms with Crippen LogP contribution < -0.4 is 5.32 Å². The Morgan fingerprint density at radius 1 is 1.35 bits per heavy atom. The van der Waals surface area contributed by atoms with Crippen LogP contribution in [0.15, 0.2) is 6.07 Å². The first-order valence-corrected chi connectivity index (χ1v) is 4.82. The number of halogens is 3. The Labute approximate surface area is 96.4 Å². The summed E-state index contributed by atoms with van der Waals surface area (Å²) in [4.78, 5) is 15.8. The summed E-state index contributed by atoms with van der Waals surface area (Å²) in [6.07, 6.45) is 0. The zero-order valence-corrected chi connectivity index (χ0v) is 9.59. The lowest BCUT2D eigenvalue weighted by molar-refractivity contribution is -0.129. The molecule has 1 aromatic heterocycles. The molecule has 1 aromatic rings. The molecule has 7 heteroatoms. The highest BCUT2D eigenvalue weighted by molar-refractivity contribution is 5.83. The third-order valence-corrected chi connectivity index (χ3v) is 2.05. The van der Waals surface area contributed by atoms with Gasteiger partial charge in [0.05, 0.1) is 0 Å². The van der Waals surface area contributed by atoms with Crippen LogP contribution in [-0.2, 0) is 4.79 Å². The number of likely N-dealkylation sites (N-methyl/N-ethyl adjacent to an activating group) is 1. The average Bonchev–Trinajstić information content (AvgIpc) is 2.24. The van der Waals surface area contributed by atoms with Gasteiger partial charge in [-0.15, -0.1) is 0 Å². The topological polar surface area (TPSA) is 45.2 Å². The van der Waals surface area contributed by atoms with Crippen molar-refractivity contribution in [2.75, 3.05) is 19.4 Å². The maximum atomic E-state index is 13.2. The lowest BCUT2D eigenvalue weighted by Gasteiger charge is -2.18. The van der Waals surface area contributed by atoms with Crippen molar-refractivity contribution < 1.29 is 18.0 Å². The van der Waals surface area contributed by atoms with Crippen LogP contribution in [0, 0.1) is 17.6 Å². The van der Waals surface area contributed by atoms with Gasteiger partial charge in [0, 0.05) is 20.2 Å². The van der Waals surface area contributed by atoms with Crippen LogP contribution in [-0.4, -0.2) is 35.9 Å². The number of nitrogens with one attached hydrogen (secondary N) is 1. The van der Waals surface area contributed by atoms with Crippen molar-refractivity contribution in [3.63, 3.8) is 0 Å². The number of pyridine rings is 1. The highest BCUT2D eigenvalue weighted by Gasteiger charge is 2.18. The van der Waals surface area contributed by atoms with Gasteiger partial charge in [0.2, 0.25) is 5.91 Å². The number of carbonyl (C=O) groups is 1. The molecule has 4 nitrogen and oxygen atoms in total. The molecule has 1 N–H and O–H groups in total. The van der Waals surface area contributed by atoms with E-state index in [9.17, 15) is 18.0 Å². The van der Waals surface area contributed by atoms with Gasteiger partial charge in [-0.1, -0.05) is 0 Å². The Balaban J connectivity index is 2.89. The number of hydrogen-bond donors (Lipinski definition) is 1. The van der Waals surface area contributed by atoms with E-state index < -0.39 is 29.4 Å². The Kier molecular flexibility index (Phi) is 3.93. The quantitative estimate of drug-likeness (QED) is 0.821. The maximum Gasteiger partial charge on any atom is 0.251 e. The number of aromatic nitrogens is 1. The molecule has 1 amide bonds. The van der Waals surface area contributed by atoms with E-state index in [0.717, 1.165) is 0 Å². The van der Waals surface area contributed by atoms with Gasteiger partial charge in [-0.3, -0.25) is 4.79 Å². The fourth-order valence-corrected chi connectivity index (χ4v) is 1.20. The van der Waals surface area contributed by atoms with Gasteiger partial charge < -0.3 is 10.2 Å². The summed E-state index contributed by atoms with van der Waals surface area (Å²) in [5.74, 6) is -4.68. The van der Waals surface area contributed by atoms with E-state index in [2.05, 4.69) is 10.3 Å². The van der Waals surface area contributed by atoms with E-state index >= 15 is 0 Å². The third-order valence-electron chi connectivity index (χ3n) is 2.05. The molecular formula is C10H12F3N3O. The Bertz CT molecular complexity index is 437. The van der Waals surface area contributed by atoms with Crippen LogP contribution in [0.1, 0.15) is 6.92 Å². The molecule has 1 rings (SSSR count). The molecule has 0 bridgehead atoms. The maximum absolute atomic E-state index is 13.2. The molecule has 0 saturated heterocycles. The van der Waals surface area contributed by atoms with Gasteiger partial charge in [-0.2, -0.15) is 9.37 Å². The summed E-state index contributed by atoms with van der Waals surface area (Å²) in [7, 11) is 3.05. The number of amides is 1. The third kappa shape index (κ3) is 3.08. The normalized spacial score (nSPS) is 12.1. The van der Waals surface area contributed by atoms with Crippen molar-refractivity contribution in [1.82, 2.24) is 9.88 Å². The summed E-state index contributed by atoms with van der Waals surface area (Å²) < 4.78 is 38.6. The van der Waals surface area contributed by atoms with Gasteiger partial charge in [0.25, 0.3) is 5.95 Å². The molecule has 0 aliphatic rings. The predicted molar refractivity (Wildman–Crippen MR) is 55.9 cm³/mol. The number of nitrogens with zero attached hydrogens (tertiary/aromatic N) is 2. The smallest absolute Gasteiger partial charge is 0.251 e. The minimum atomic E-state index is -1.42. The van der Waals surface area contributed by atoms with Crippen molar-refractivity contribution in [2.24, 2.45) is 0 Å². The molecule has 0 saturated carbocycles. The molecule has 0 aliphatic carbocycles. The highest BCUT2D eigenvalue weighted by Crippen LogP contribution is 2.15. The Hall–Kier alpha value is -1.79. The van der Waals surface area contributed by atoms with Crippen molar-refractivity contribution in [1.29, 1.82) is 0 Å². The molecule has 0 radical (unpaired) electrons. The van der Waals surface area contributed by atoms with Gasteiger partial charge in [-0.25, -0.2) is 8.78 Å². The number of hydrogen-bond acceptors (Lipinski definition) is 3. The van der Waals surface area contributed by atoms with E-state index in [1.807, 2.05) is 0 Å². The summed E-state index contributed by atoms with van der Waals surface area (Å²) in [5, 5.41) is 2.38. The minimum Gasteiger partial charge on any atom is -0.356 e. The molecule has 0 spiro atoms. The SMILES string of the molecule is CC(Nc1nc(F)c(F)cc1F)C(=O)N(C)C. The first-order chi connectivity index (χ1) is 7.82. The fourth-order valence-electron chi connectivity index (χ4n) is 1.20. The molecule has 94 valence electrons. The molecule has 1 atom stereocenters. The molecule has 1 heterocycles. The molecule has 1 unspecified atom stereocenters. The van der Waals surface area contributed by atoms with E-state index in [1.54, 1.807) is 0 Å². The second-order valence-electron chi connectivity index (χ2n) is 3.69. The van der Waals surface area contributed by atoms with E-state index in [4.69, 9.17) is 0 Å². The van der Waals surface area contributed by atoms with Crippen molar-refractivity contribution in [3.8, 4) is 0 Å². The van der Waals surface area contributed by atoms with Crippen LogP contribution in [0.2, 0.25) is 0 Å². The first kappa shape index (κ1) is 13.3. The number of anilines is 1. The fraction of sp³-hybridized carbons (Fsp3) is 0.400. The van der Waals surface area contributed by atoms with Crippen molar-refractivity contribution in [2.45, 2.75) is 13.0 Å². The van der Waals surface area contributed by atoms with Crippen LogP contribution >= 0.6 is 0 Å². The van der Waals surface area contributed by atoms with Crippen LogP contribution in [0.3, 0.4) is 0 Å². The van der Waals surface area contributed by atoms with Crippen LogP contribution in [0.5, 0.6) is 0 Å². The van der Waals surface area contributed by atoms with Gasteiger partial charge in [0.1, 0.15) is 6.04 Å². The highest BCUT2D eigenvalue weighted by atomic mass is 19.2. The van der Waals surface area contributed by atoms with Gasteiger partial charge >= 0.3 is 0 Å². The van der Waals surface area contributed by atoms with Crippen LogP contribution in [0.25, 0.3) is 0 Å². The second-order valence-corrected chi connectivity index (χ2v) is 3.69. The second kappa shape index (κ2) is 5.03. The minimum absolute atomic E-state index is 0.337. The summed E-state index contributed by atoms with van der Waals surface area (Å²) >= 11 is 0. The van der Waals surface area contributed by atoms with E-state index in [0.29, 0.717) is 6.07 Å². The van der Waals surface area contributed by atoms with E-state index in [-0.39, 0.29) is 5.91 Å². The summed E-state index contributed by atoms with van der Waals surface area (Å²) in [6.45, 7) is 1.46. The molecule has 0 aliphatic heterocycles. The predicted octanol–water partition coefficient (Wildman–Crippen LogP) is 1.39. The molecular weight excluding hydrogens is 235 g/mol. The molecule has 0 fully saturated rings. The van der Waals surface area contributed by atoms with E-state index in [1.165, 1.54) is 25.9 Å². The zero-order valence-electron chi connectivity index (χ0n) is 9.59. The van der Waals surface area contributed by atoms with Gasteiger partial charge in [0.15, 0.2) is 17.5 Å². The standard InChI is InChI=1S/C10H12F3N3O/c1-5(10(17)16(2)3)14-9-7(12)4-6(11)8(13)15-9/h4-5H,1-3H3,(H,14,15). The summed E-state index contributed by atoms with van der Waals surface area (Å²) in [6, 6.07) is -0.422. The largest absolute Gasteiger partial charge is 0.356 e. The number of carbonyl (C=O) groups excluding carboxylic acids is 1. The first-order valence-electron chi connectivity index (χ1n) is 4.82. The zero-order chi connectivity index (χ0) is 13.2. The van der Waals surface area contributed by atoms with Gasteiger partial charge in [-0.05, 0) is 6.92 Å².